The number of amides is 1. The molecule has 6 nitrogen and oxygen atoms in total. The highest BCUT2D eigenvalue weighted by Gasteiger charge is 2.44. The van der Waals surface area contributed by atoms with E-state index in [-0.39, 0.29) is 11.9 Å². The normalized spacial score (nSPS) is 21.6. The van der Waals surface area contributed by atoms with E-state index in [2.05, 4.69) is 10.5 Å². The largest absolute Gasteiger partial charge is 0.467 e. The molecule has 6 heteroatoms. The van der Waals surface area contributed by atoms with Crippen LogP contribution in [0.1, 0.15) is 32.1 Å². The molecule has 1 N–H and O–H groups in total. The fourth-order valence-corrected chi connectivity index (χ4v) is 2.31. The number of hydrogen-bond donors (Lipinski definition) is 1. The number of carbonyl (C=O) groups excluding carboxylic acids is 2. The second-order valence-corrected chi connectivity index (χ2v) is 4.36. The lowest BCUT2D eigenvalue weighted by Crippen LogP contribution is -2.54. The first kappa shape index (κ1) is 11.9. The lowest BCUT2D eigenvalue weighted by molar-refractivity contribution is -0.150. The Bertz CT molecular complexity index is 358. The molecule has 1 heterocycles. The highest BCUT2D eigenvalue weighted by atomic mass is 16.6. The van der Waals surface area contributed by atoms with Crippen LogP contribution in [0.2, 0.25) is 0 Å². The first-order valence-electron chi connectivity index (χ1n) is 5.78. The van der Waals surface area contributed by atoms with Gasteiger partial charge in [-0.25, -0.2) is 4.79 Å². The maximum atomic E-state index is 11.9. The summed E-state index contributed by atoms with van der Waals surface area (Å²) >= 11 is 0. The van der Waals surface area contributed by atoms with Crippen molar-refractivity contribution in [2.45, 2.75) is 37.6 Å². The van der Waals surface area contributed by atoms with Gasteiger partial charge in [0.25, 0.3) is 5.91 Å². The second-order valence-electron chi connectivity index (χ2n) is 4.36. The van der Waals surface area contributed by atoms with Crippen molar-refractivity contribution in [3.05, 3.63) is 0 Å². The van der Waals surface area contributed by atoms with Crippen LogP contribution in [0.5, 0.6) is 0 Å². The summed E-state index contributed by atoms with van der Waals surface area (Å²) in [6, 6.07) is 0. The monoisotopic (exact) mass is 240 g/mol. The quantitative estimate of drug-likeness (QED) is 0.723. The lowest BCUT2D eigenvalue weighted by Gasteiger charge is -2.26. The van der Waals surface area contributed by atoms with Crippen molar-refractivity contribution in [2.24, 2.45) is 5.16 Å². The van der Waals surface area contributed by atoms with Crippen LogP contribution in [0.25, 0.3) is 0 Å². The maximum Gasteiger partial charge on any atom is 0.331 e. The van der Waals surface area contributed by atoms with Gasteiger partial charge in [-0.2, -0.15) is 0 Å². The Hall–Kier alpha value is -1.59. The van der Waals surface area contributed by atoms with Gasteiger partial charge in [-0.15, -0.1) is 0 Å². The first-order valence-corrected chi connectivity index (χ1v) is 5.78. The Morgan fingerprint density at radius 3 is 2.65 bits per heavy atom. The highest BCUT2D eigenvalue weighted by Crippen LogP contribution is 2.30. The maximum absolute atomic E-state index is 11.9. The third-order valence-corrected chi connectivity index (χ3v) is 3.25. The van der Waals surface area contributed by atoms with Crippen LogP contribution in [0.4, 0.5) is 0 Å². The molecule has 1 aliphatic carbocycles. The summed E-state index contributed by atoms with van der Waals surface area (Å²) in [4.78, 5) is 28.4. The second kappa shape index (κ2) is 4.73. The summed E-state index contributed by atoms with van der Waals surface area (Å²) in [7, 11) is 1.34. The minimum Gasteiger partial charge on any atom is -0.467 e. The minimum atomic E-state index is -0.864. The third kappa shape index (κ3) is 2.25. The molecule has 0 saturated heterocycles. The summed E-state index contributed by atoms with van der Waals surface area (Å²) in [5.41, 5.74) is -0.517. The smallest absolute Gasteiger partial charge is 0.331 e. The van der Waals surface area contributed by atoms with E-state index in [1.165, 1.54) is 7.11 Å². The number of carbonyl (C=O) groups is 2. The van der Waals surface area contributed by atoms with E-state index < -0.39 is 5.54 Å². The van der Waals surface area contributed by atoms with Crippen LogP contribution in [0.15, 0.2) is 5.16 Å². The van der Waals surface area contributed by atoms with Gasteiger partial charge in [0, 0.05) is 6.42 Å². The SMILES string of the molecule is COC(=O)C1(NC(=O)C2=NOCC2)CCCC1. The van der Waals surface area contributed by atoms with Crippen molar-refractivity contribution >= 4 is 17.6 Å². The summed E-state index contributed by atoms with van der Waals surface area (Å²) in [5.74, 6) is -0.697. The predicted octanol–water partition coefficient (Wildman–Crippen LogP) is 0.365. The molecular weight excluding hydrogens is 224 g/mol. The molecule has 17 heavy (non-hydrogen) atoms. The van der Waals surface area contributed by atoms with Gasteiger partial charge in [0.1, 0.15) is 17.9 Å². The highest BCUT2D eigenvalue weighted by molar-refractivity contribution is 6.39. The molecule has 0 aromatic heterocycles. The van der Waals surface area contributed by atoms with Gasteiger partial charge in [0.2, 0.25) is 0 Å². The predicted molar refractivity (Wildman–Crippen MR) is 59.4 cm³/mol. The molecule has 2 aliphatic rings. The zero-order valence-electron chi connectivity index (χ0n) is 9.82. The van der Waals surface area contributed by atoms with Crippen molar-refractivity contribution in [2.75, 3.05) is 13.7 Å². The number of methoxy groups -OCH3 is 1. The number of esters is 1. The average Bonchev–Trinajstić information content (AvgIpc) is 2.99. The van der Waals surface area contributed by atoms with Crippen LogP contribution >= 0.6 is 0 Å². The van der Waals surface area contributed by atoms with E-state index >= 15 is 0 Å². The van der Waals surface area contributed by atoms with E-state index in [1.807, 2.05) is 0 Å². The Morgan fingerprint density at radius 1 is 1.41 bits per heavy atom. The van der Waals surface area contributed by atoms with Crippen molar-refractivity contribution in [1.82, 2.24) is 5.32 Å². The Kier molecular flexibility index (Phi) is 3.31. The van der Waals surface area contributed by atoms with Gasteiger partial charge in [-0.05, 0) is 12.8 Å². The molecule has 1 aliphatic heterocycles. The van der Waals surface area contributed by atoms with Crippen LogP contribution in [0, 0.1) is 0 Å². The fourth-order valence-electron chi connectivity index (χ4n) is 2.31. The van der Waals surface area contributed by atoms with Crippen LogP contribution in [-0.2, 0) is 19.2 Å². The molecule has 1 fully saturated rings. The number of nitrogens with one attached hydrogen (secondary N) is 1. The molecular formula is C11H16N2O4. The topological polar surface area (TPSA) is 77.0 Å². The fraction of sp³-hybridized carbons (Fsp3) is 0.727. The minimum absolute atomic E-state index is 0.324. The summed E-state index contributed by atoms with van der Waals surface area (Å²) < 4.78 is 4.78. The van der Waals surface area contributed by atoms with Crippen LogP contribution in [0.3, 0.4) is 0 Å². The molecule has 0 unspecified atom stereocenters. The number of rotatable bonds is 3. The number of nitrogens with zero attached hydrogens (tertiary/aromatic N) is 1. The van der Waals surface area contributed by atoms with Gasteiger partial charge in [-0.3, -0.25) is 4.79 Å². The van der Waals surface area contributed by atoms with Gasteiger partial charge >= 0.3 is 5.97 Å². The summed E-state index contributed by atoms with van der Waals surface area (Å²) in [6.45, 7) is 0.425. The molecule has 1 saturated carbocycles. The Morgan fingerprint density at radius 2 is 2.12 bits per heavy atom. The zero-order chi connectivity index (χ0) is 12.3. The summed E-state index contributed by atoms with van der Waals surface area (Å²) in [5, 5.41) is 6.41. The molecule has 0 aromatic rings. The zero-order valence-corrected chi connectivity index (χ0v) is 9.82. The molecule has 0 spiro atoms. The third-order valence-electron chi connectivity index (χ3n) is 3.25. The molecule has 94 valence electrons. The van der Waals surface area contributed by atoms with E-state index in [0.29, 0.717) is 31.6 Å². The molecule has 2 rings (SSSR count). The van der Waals surface area contributed by atoms with Gasteiger partial charge in [0.05, 0.1) is 7.11 Å². The van der Waals surface area contributed by atoms with Crippen LogP contribution in [-0.4, -0.2) is 36.8 Å². The number of ether oxygens (including phenoxy) is 1. The molecule has 0 aromatic carbocycles. The van der Waals surface area contributed by atoms with E-state index in [9.17, 15) is 9.59 Å². The molecule has 1 amide bonds. The van der Waals surface area contributed by atoms with Gasteiger partial charge in [-0.1, -0.05) is 18.0 Å². The van der Waals surface area contributed by atoms with Crippen LogP contribution < -0.4 is 5.32 Å². The van der Waals surface area contributed by atoms with E-state index in [1.54, 1.807) is 0 Å². The standard InChI is InChI=1S/C11H16N2O4/c1-16-10(15)11(5-2-3-6-11)12-9(14)8-4-7-17-13-8/h2-7H2,1H3,(H,12,14). The van der Waals surface area contributed by atoms with Gasteiger partial charge < -0.3 is 14.9 Å². The molecule has 0 radical (unpaired) electrons. The lowest BCUT2D eigenvalue weighted by atomic mass is 9.97. The van der Waals surface area contributed by atoms with Crippen molar-refractivity contribution in [3.63, 3.8) is 0 Å². The number of oxime groups is 1. The Balaban J connectivity index is 2.07. The first-order chi connectivity index (χ1) is 8.18. The van der Waals surface area contributed by atoms with Crippen molar-refractivity contribution < 1.29 is 19.2 Å². The average molecular weight is 240 g/mol. The summed E-state index contributed by atoms with van der Waals surface area (Å²) in [6.07, 6.45) is 3.57. The van der Waals surface area contributed by atoms with E-state index in [4.69, 9.17) is 9.57 Å². The molecule has 0 atom stereocenters. The number of hydrogen-bond acceptors (Lipinski definition) is 5. The van der Waals surface area contributed by atoms with Crippen molar-refractivity contribution in [1.29, 1.82) is 0 Å². The Labute approximate surface area is 99.3 Å². The van der Waals surface area contributed by atoms with Gasteiger partial charge in [0.15, 0.2) is 0 Å². The van der Waals surface area contributed by atoms with E-state index in [0.717, 1.165) is 12.8 Å². The molecule has 0 bridgehead atoms. The van der Waals surface area contributed by atoms with Crippen molar-refractivity contribution in [3.8, 4) is 0 Å².